The van der Waals surface area contributed by atoms with Gasteiger partial charge in [-0.1, -0.05) is 36.8 Å². The number of likely N-dealkylation sites (tertiary alicyclic amines) is 1. The predicted molar refractivity (Wildman–Crippen MR) is 74.0 cm³/mol. The summed E-state index contributed by atoms with van der Waals surface area (Å²) in [5.74, 6) is -0.00903. The first-order chi connectivity index (χ1) is 9.21. The molecule has 0 N–H and O–H groups in total. The number of carbonyl (C=O) groups excluding carboxylic acids is 1. The third-order valence-corrected chi connectivity index (χ3v) is 4.55. The van der Waals surface area contributed by atoms with Crippen molar-refractivity contribution >= 4 is 5.97 Å². The van der Waals surface area contributed by atoms with Crippen LogP contribution in [0.5, 0.6) is 0 Å². The van der Waals surface area contributed by atoms with E-state index in [0.717, 1.165) is 44.3 Å². The summed E-state index contributed by atoms with van der Waals surface area (Å²) < 4.78 is 5.76. The maximum atomic E-state index is 12.6. The molecule has 1 aromatic rings. The zero-order chi connectivity index (χ0) is 13.3. The van der Waals surface area contributed by atoms with Gasteiger partial charge in [-0.2, -0.15) is 0 Å². The average molecular weight is 259 g/mol. The minimum Gasteiger partial charge on any atom is -0.460 e. The van der Waals surface area contributed by atoms with Gasteiger partial charge < -0.3 is 9.64 Å². The fourth-order valence-corrected chi connectivity index (χ4v) is 3.15. The van der Waals surface area contributed by atoms with Gasteiger partial charge >= 0.3 is 5.97 Å². The number of likely N-dealkylation sites (N-methyl/N-ethyl adjacent to an activating group) is 1. The molecule has 0 amide bonds. The standard InChI is InChI=1S/C16H21NO2/c1-17-11-8-14(12-17)19-15(18)16(9-5-10-16)13-6-3-2-4-7-13/h2-4,6-7,14H,5,8-12H2,1H3. The van der Waals surface area contributed by atoms with E-state index in [1.165, 1.54) is 0 Å². The highest BCUT2D eigenvalue weighted by Crippen LogP contribution is 2.45. The van der Waals surface area contributed by atoms with Gasteiger partial charge in [-0.3, -0.25) is 4.79 Å². The van der Waals surface area contributed by atoms with E-state index in [0.29, 0.717) is 0 Å². The fourth-order valence-electron chi connectivity index (χ4n) is 3.15. The molecule has 1 unspecified atom stereocenters. The van der Waals surface area contributed by atoms with Gasteiger partial charge in [0, 0.05) is 13.1 Å². The Labute approximate surface area is 114 Å². The summed E-state index contributed by atoms with van der Waals surface area (Å²) in [6.07, 6.45) is 4.03. The second kappa shape index (κ2) is 4.97. The van der Waals surface area contributed by atoms with Crippen molar-refractivity contribution in [1.82, 2.24) is 4.90 Å². The van der Waals surface area contributed by atoms with Crippen molar-refractivity contribution in [3.63, 3.8) is 0 Å². The van der Waals surface area contributed by atoms with Crippen LogP contribution >= 0.6 is 0 Å². The number of nitrogens with zero attached hydrogens (tertiary/aromatic N) is 1. The maximum absolute atomic E-state index is 12.6. The van der Waals surface area contributed by atoms with Crippen LogP contribution in [0, 0.1) is 0 Å². The van der Waals surface area contributed by atoms with E-state index >= 15 is 0 Å². The van der Waals surface area contributed by atoms with Gasteiger partial charge in [0.05, 0.1) is 5.41 Å². The van der Waals surface area contributed by atoms with Crippen molar-refractivity contribution in [2.75, 3.05) is 20.1 Å². The summed E-state index contributed by atoms with van der Waals surface area (Å²) in [5.41, 5.74) is 0.764. The molecule has 0 spiro atoms. The normalized spacial score (nSPS) is 25.8. The zero-order valence-corrected chi connectivity index (χ0v) is 11.5. The van der Waals surface area contributed by atoms with Crippen LogP contribution < -0.4 is 0 Å². The molecule has 1 saturated carbocycles. The quantitative estimate of drug-likeness (QED) is 0.780. The van der Waals surface area contributed by atoms with Gasteiger partial charge in [-0.15, -0.1) is 0 Å². The monoisotopic (exact) mass is 259 g/mol. The molecule has 1 heterocycles. The Bertz CT molecular complexity index is 453. The van der Waals surface area contributed by atoms with Gasteiger partial charge in [-0.05, 0) is 31.9 Å². The van der Waals surface area contributed by atoms with Crippen LogP contribution in [0.4, 0.5) is 0 Å². The Balaban J connectivity index is 1.73. The van der Waals surface area contributed by atoms with Crippen LogP contribution in [0.25, 0.3) is 0 Å². The number of hydrogen-bond acceptors (Lipinski definition) is 3. The Kier molecular flexibility index (Phi) is 3.31. The first kappa shape index (κ1) is 12.7. The third-order valence-electron chi connectivity index (χ3n) is 4.55. The lowest BCUT2D eigenvalue weighted by atomic mass is 9.64. The first-order valence-electron chi connectivity index (χ1n) is 7.16. The predicted octanol–water partition coefficient (Wildman–Crippen LogP) is 2.36. The van der Waals surface area contributed by atoms with E-state index in [4.69, 9.17) is 4.74 Å². The number of hydrogen-bond donors (Lipinski definition) is 0. The van der Waals surface area contributed by atoms with Crippen LogP contribution in [-0.4, -0.2) is 37.1 Å². The second-order valence-electron chi connectivity index (χ2n) is 5.88. The van der Waals surface area contributed by atoms with E-state index in [-0.39, 0.29) is 17.5 Å². The highest BCUT2D eigenvalue weighted by atomic mass is 16.5. The molecule has 2 fully saturated rings. The molecular formula is C16H21NO2. The molecule has 3 heteroatoms. The molecule has 0 aromatic heterocycles. The van der Waals surface area contributed by atoms with Crippen LogP contribution in [0.2, 0.25) is 0 Å². The van der Waals surface area contributed by atoms with E-state index in [9.17, 15) is 4.79 Å². The summed E-state index contributed by atoms with van der Waals surface area (Å²) in [4.78, 5) is 14.8. The van der Waals surface area contributed by atoms with Gasteiger partial charge in [0.15, 0.2) is 0 Å². The van der Waals surface area contributed by atoms with Crippen molar-refractivity contribution in [2.45, 2.75) is 37.2 Å². The second-order valence-corrected chi connectivity index (χ2v) is 5.88. The summed E-state index contributed by atoms with van der Waals surface area (Å²) in [7, 11) is 2.07. The molecule has 0 bridgehead atoms. The van der Waals surface area contributed by atoms with Crippen LogP contribution in [0.3, 0.4) is 0 Å². The van der Waals surface area contributed by atoms with Gasteiger partial charge in [0.25, 0.3) is 0 Å². The number of carbonyl (C=O) groups is 1. The highest BCUT2D eigenvalue weighted by Gasteiger charge is 2.47. The van der Waals surface area contributed by atoms with Crippen molar-refractivity contribution in [3.05, 3.63) is 35.9 Å². The lowest BCUT2D eigenvalue weighted by Crippen LogP contribution is -2.45. The molecule has 1 aliphatic heterocycles. The Morgan fingerprint density at radius 2 is 2.05 bits per heavy atom. The molecule has 1 aliphatic carbocycles. The van der Waals surface area contributed by atoms with Crippen LogP contribution in [-0.2, 0) is 14.9 Å². The zero-order valence-electron chi connectivity index (χ0n) is 11.5. The maximum Gasteiger partial charge on any atom is 0.316 e. The summed E-state index contributed by atoms with van der Waals surface area (Å²) in [6.45, 7) is 1.90. The fraction of sp³-hybridized carbons (Fsp3) is 0.562. The first-order valence-corrected chi connectivity index (χ1v) is 7.16. The topological polar surface area (TPSA) is 29.5 Å². The largest absolute Gasteiger partial charge is 0.460 e. The van der Waals surface area contributed by atoms with Gasteiger partial charge in [-0.25, -0.2) is 0 Å². The summed E-state index contributed by atoms with van der Waals surface area (Å²) >= 11 is 0. The number of benzene rings is 1. The minimum atomic E-state index is -0.359. The highest BCUT2D eigenvalue weighted by molar-refractivity contribution is 5.84. The van der Waals surface area contributed by atoms with E-state index in [1.807, 2.05) is 18.2 Å². The Morgan fingerprint density at radius 3 is 2.58 bits per heavy atom. The molecule has 1 aromatic carbocycles. The number of rotatable bonds is 3. The summed E-state index contributed by atoms with van der Waals surface area (Å²) in [6, 6.07) is 10.1. The van der Waals surface area contributed by atoms with E-state index in [1.54, 1.807) is 0 Å². The SMILES string of the molecule is CN1CCC(OC(=O)C2(c3ccccc3)CCC2)C1. The smallest absolute Gasteiger partial charge is 0.316 e. The molecule has 2 aliphatic rings. The van der Waals surface area contributed by atoms with Crippen LogP contribution in [0.15, 0.2) is 30.3 Å². The number of ether oxygens (including phenoxy) is 1. The number of esters is 1. The molecule has 3 nitrogen and oxygen atoms in total. The van der Waals surface area contributed by atoms with E-state index in [2.05, 4.69) is 24.1 Å². The molecule has 0 radical (unpaired) electrons. The van der Waals surface area contributed by atoms with Crippen molar-refractivity contribution in [3.8, 4) is 0 Å². The Morgan fingerprint density at radius 1 is 1.32 bits per heavy atom. The van der Waals surface area contributed by atoms with Gasteiger partial charge in [0.2, 0.25) is 0 Å². The average Bonchev–Trinajstić information content (AvgIpc) is 2.75. The lowest BCUT2D eigenvalue weighted by molar-refractivity contribution is -0.159. The molecular weight excluding hydrogens is 238 g/mol. The van der Waals surface area contributed by atoms with Crippen molar-refractivity contribution in [2.24, 2.45) is 0 Å². The lowest BCUT2D eigenvalue weighted by Gasteiger charge is -2.40. The molecule has 19 heavy (non-hydrogen) atoms. The van der Waals surface area contributed by atoms with Crippen molar-refractivity contribution < 1.29 is 9.53 Å². The van der Waals surface area contributed by atoms with E-state index < -0.39 is 0 Å². The van der Waals surface area contributed by atoms with Gasteiger partial charge in [0.1, 0.15) is 6.10 Å². The molecule has 1 atom stereocenters. The minimum absolute atomic E-state index is 0.00903. The molecule has 102 valence electrons. The Hall–Kier alpha value is -1.35. The summed E-state index contributed by atoms with van der Waals surface area (Å²) in [5, 5.41) is 0. The van der Waals surface area contributed by atoms with Crippen LogP contribution in [0.1, 0.15) is 31.2 Å². The third kappa shape index (κ3) is 2.27. The molecule has 3 rings (SSSR count). The molecule has 1 saturated heterocycles. The van der Waals surface area contributed by atoms with Crippen molar-refractivity contribution in [1.29, 1.82) is 0 Å².